The Hall–Kier alpha value is -0.973. The van der Waals surface area contributed by atoms with Gasteiger partial charge in [-0.2, -0.15) is 0 Å². The highest BCUT2D eigenvalue weighted by atomic mass is 28.4. The van der Waals surface area contributed by atoms with Crippen LogP contribution in [0.15, 0.2) is 12.0 Å². The number of aliphatic carboxylic acids is 1. The van der Waals surface area contributed by atoms with Crippen molar-refractivity contribution in [3.8, 4) is 0 Å². The van der Waals surface area contributed by atoms with Crippen molar-refractivity contribution in [3.05, 3.63) is 12.0 Å². The number of hydrogen-bond donors (Lipinski definition) is 2. The number of carboxylic acid groups (broad SMARTS) is 1. The second-order valence-corrected chi connectivity index (χ2v) is 10.6. The van der Waals surface area contributed by atoms with E-state index in [1.165, 1.54) is 0 Å². The normalized spacial score (nSPS) is 13.6. The maximum atomic E-state index is 10.5. The van der Waals surface area contributed by atoms with Crippen LogP contribution in [0.5, 0.6) is 0 Å². The van der Waals surface area contributed by atoms with E-state index in [4.69, 9.17) is 9.53 Å². The van der Waals surface area contributed by atoms with Crippen LogP contribution in [0, 0.1) is 0 Å². The van der Waals surface area contributed by atoms with Crippen LogP contribution < -0.4 is 0 Å². The van der Waals surface area contributed by atoms with Gasteiger partial charge in [-0.25, -0.2) is 4.79 Å². The average molecular weight is 260 g/mol. The molecule has 0 aliphatic carbocycles. The summed E-state index contributed by atoms with van der Waals surface area (Å²) in [6, 6.07) is 0. The third-order valence-corrected chi connectivity index (χ3v) is 9.21. The van der Waals surface area contributed by atoms with E-state index in [1.807, 2.05) is 0 Å². The first kappa shape index (κ1) is 16.0. The zero-order valence-electron chi connectivity index (χ0n) is 11.5. The summed E-state index contributed by atoms with van der Waals surface area (Å²) in [6.07, 6.45) is 0.717. The highest BCUT2D eigenvalue weighted by molar-refractivity contribution is 6.77. The molecule has 0 spiro atoms. The standard InChI is InChI=1S/C12H24O4Si/c1-8(2)17(9(3)4,10(5)6)16-12(15)7-11(13)14/h7-10,15H,1-6H3,(H,13,14)/b12-7+. The van der Waals surface area contributed by atoms with E-state index in [0.29, 0.717) is 16.6 Å². The molecular formula is C12H24O4Si. The molecule has 0 rings (SSSR count). The molecule has 0 saturated carbocycles. The molecule has 0 bridgehead atoms. The van der Waals surface area contributed by atoms with Crippen molar-refractivity contribution in [2.45, 2.75) is 58.2 Å². The lowest BCUT2D eigenvalue weighted by molar-refractivity contribution is -0.131. The van der Waals surface area contributed by atoms with Crippen LogP contribution >= 0.6 is 0 Å². The number of hydrogen-bond acceptors (Lipinski definition) is 3. The van der Waals surface area contributed by atoms with E-state index in [9.17, 15) is 9.90 Å². The van der Waals surface area contributed by atoms with Crippen LogP contribution in [0.3, 0.4) is 0 Å². The Morgan fingerprint density at radius 3 is 1.59 bits per heavy atom. The molecule has 17 heavy (non-hydrogen) atoms. The largest absolute Gasteiger partial charge is 0.518 e. The van der Waals surface area contributed by atoms with Crippen LogP contribution in [0.1, 0.15) is 41.5 Å². The van der Waals surface area contributed by atoms with Crippen molar-refractivity contribution in [3.63, 3.8) is 0 Å². The van der Waals surface area contributed by atoms with Crippen molar-refractivity contribution in [2.75, 3.05) is 0 Å². The van der Waals surface area contributed by atoms with E-state index < -0.39 is 20.2 Å². The Balaban J connectivity index is 5.27. The summed E-state index contributed by atoms with van der Waals surface area (Å²) in [7, 11) is -2.24. The fourth-order valence-corrected chi connectivity index (χ4v) is 7.80. The lowest BCUT2D eigenvalue weighted by atomic mass is 10.5. The molecule has 0 aliphatic rings. The minimum absolute atomic E-state index is 0.298. The van der Waals surface area contributed by atoms with Gasteiger partial charge in [0, 0.05) is 0 Å². The molecule has 100 valence electrons. The van der Waals surface area contributed by atoms with Crippen molar-refractivity contribution in [1.29, 1.82) is 0 Å². The monoisotopic (exact) mass is 260 g/mol. The Bertz CT molecular complexity index is 273. The molecule has 0 radical (unpaired) electrons. The van der Waals surface area contributed by atoms with E-state index in [0.717, 1.165) is 6.08 Å². The van der Waals surface area contributed by atoms with Crippen LogP contribution in [0.2, 0.25) is 16.6 Å². The average Bonchev–Trinajstić information content (AvgIpc) is 2.10. The van der Waals surface area contributed by atoms with E-state index >= 15 is 0 Å². The molecule has 0 aromatic heterocycles. The number of carboxylic acids is 1. The van der Waals surface area contributed by atoms with Gasteiger partial charge in [0.25, 0.3) is 14.3 Å². The summed E-state index contributed by atoms with van der Waals surface area (Å²) in [4.78, 5) is 10.5. The summed E-state index contributed by atoms with van der Waals surface area (Å²) in [5.41, 5.74) is 0.894. The first-order valence-corrected chi connectivity index (χ1v) is 8.11. The molecule has 0 unspecified atom stereocenters. The van der Waals surface area contributed by atoms with Gasteiger partial charge in [-0.05, 0) is 16.6 Å². The Morgan fingerprint density at radius 1 is 1.00 bits per heavy atom. The van der Waals surface area contributed by atoms with Gasteiger partial charge in [-0.1, -0.05) is 41.5 Å². The lowest BCUT2D eigenvalue weighted by Gasteiger charge is -2.41. The van der Waals surface area contributed by atoms with E-state index in [1.54, 1.807) is 0 Å². The number of aliphatic hydroxyl groups excluding tert-OH is 1. The Labute approximate surface area is 104 Å². The predicted molar refractivity (Wildman–Crippen MR) is 70.5 cm³/mol. The molecule has 0 saturated heterocycles. The zero-order chi connectivity index (χ0) is 13.8. The quantitative estimate of drug-likeness (QED) is 0.434. The number of aliphatic hydroxyl groups is 1. The first-order valence-electron chi connectivity index (χ1n) is 5.97. The van der Waals surface area contributed by atoms with Gasteiger partial charge in [0.2, 0.25) is 0 Å². The SMILES string of the molecule is CC(C)[Si](O/C(O)=C/C(=O)O)(C(C)C)C(C)C. The molecule has 5 heteroatoms. The lowest BCUT2D eigenvalue weighted by Crippen LogP contribution is -2.47. The summed E-state index contributed by atoms with van der Waals surface area (Å²) in [5.74, 6) is -1.66. The van der Waals surface area contributed by atoms with Crippen molar-refractivity contribution in [1.82, 2.24) is 0 Å². The molecule has 0 fully saturated rings. The highest BCUT2D eigenvalue weighted by Crippen LogP contribution is 2.43. The molecule has 0 heterocycles. The molecule has 0 amide bonds. The fourth-order valence-electron chi connectivity index (χ4n) is 2.67. The molecule has 0 aromatic carbocycles. The Kier molecular flexibility index (Phi) is 5.74. The van der Waals surface area contributed by atoms with Gasteiger partial charge in [-0.15, -0.1) is 0 Å². The number of carbonyl (C=O) groups is 1. The minimum atomic E-state index is -2.24. The maximum absolute atomic E-state index is 10.5. The molecule has 0 atom stereocenters. The third-order valence-electron chi connectivity index (χ3n) is 3.24. The van der Waals surface area contributed by atoms with Crippen molar-refractivity contribution >= 4 is 14.3 Å². The molecular weight excluding hydrogens is 236 g/mol. The summed E-state index contributed by atoms with van der Waals surface area (Å²) in [5, 5.41) is 18.2. The minimum Gasteiger partial charge on any atom is -0.518 e. The van der Waals surface area contributed by atoms with E-state index in [-0.39, 0.29) is 0 Å². The fraction of sp³-hybridized carbons (Fsp3) is 0.750. The maximum Gasteiger partial charge on any atom is 0.335 e. The molecule has 4 nitrogen and oxygen atoms in total. The van der Waals surface area contributed by atoms with Crippen LogP contribution in [-0.2, 0) is 9.22 Å². The van der Waals surface area contributed by atoms with Gasteiger partial charge in [0.1, 0.15) is 6.08 Å². The third kappa shape index (κ3) is 3.76. The Morgan fingerprint density at radius 2 is 1.35 bits per heavy atom. The van der Waals surface area contributed by atoms with Gasteiger partial charge < -0.3 is 14.6 Å². The van der Waals surface area contributed by atoms with Gasteiger partial charge in [-0.3, -0.25) is 0 Å². The zero-order valence-corrected chi connectivity index (χ0v) is 12.5. The highest BCUT2D eigenvalue weighted by Gasteiger charge is 2.47. The predicted octanol–water partition coefficient (Wildman–Crippen LogP) is 3.66. The molecule has 0 aliphatic heterocycles. The smallest absolute Gasteiger partial charge is 0.335 e. The number of rotatable bonds is 6. The van der Waals surface area contributed by atoms with E-state index in [2.05, 4.69) is 41.5 Å². The van der Waals surface area contributed by atoms with Gasteiger partial charge >= 0.3 is 5.97 Å². The van der Waals surface area contributed by atoms with Crippen LogP contribution in [0.25, 0.3) is 0 Å². The van der Waals surface area contributed by atoms with Crippen molar-refractivity contribution in [2.24, 2.45) is 0 Å². The van der Waals surface area contributed by atoms with Crippen LogP contribution in [0.4, 0.5) is 0 Å². The first-order chi connectivity index (χ1) is 7.64. The topological polar surface area (TPSA) is 66.8 Å². The second-order valence-electron chi connectivity index (χ2n) is 5.24. The summed E-state index contributed by atoms with van der Waals surface area (Å²) in [6.45, 7) is 12.4. The summed E-state index contributed by atoms with van der Waals surface area (Å²) >= 11 is 0. The van der Waals surface area contributed by atoms with Gasteiger partial charge in [0.15, 0.2) is 0 Å². The molecule has 2 N–H and O–H groups in total. The van der Waals surface area contributed by atoms with Crippen LogP contribution in [-0.4, -0.2) is 24.5 Å². The summed E-state index contributed by atoms with van der Waals surface area (Å²) < 4.78 is 5.71. The van der Waals surface area contributed by atoms with Crippen molar-refractivity contribution < 1.29 is 19.4 Å². The van der Waals surface area contributed by atoms with Gasteiger partial charge in [0.05, 0.1) is 0 Å². The second kappa shape index (κ2) is 6.09. The molecule has 0 aromatic rings.